The second kappa shape index (κ2) is 3.38. The predicted molar refractivity (Wildman–Crippen MR) is 54.7 cm³/mol. The normalized spacial score (nSPS) is 16.1. The molecule has 0 aliphatic heterocycles. The number of rotatable bonds is 3. The summed E-state index contributed by atoms with van der Waals surface area (Å²) in [4.78, 5) is 15.0. The fourth-order valence-corrected chi connectivity index (χ4v) is 3.05. The summed E-state index contributed by atoms with van der Waals surface area (Å²) in [6.45, 7) is 0. The highest BCUT2D eigenvalue weighted by atomic mass is 79.9. The molecule has 0 bridgehead atoms. The van der Waals surface area contributed by atoms with E-state index in [1.165, 1.54) is 24.2 Å². The molecule has 70 valence electrons. The molecule has 2 N–H and O–H groups in total. The van der Waals surface area contributed by atoms with Crippen molar-refractivity contribution in [2.45, 2.75) is 25.2 Å². The Morgan fingerprint density at radius 3 is 2.92 bits per heavy atom. The zero-order valence-electron chi connectivity index (χ0n) is 6.92. The van der Waals surface area contributed by atoms with Gasteiger partial charge in [0.1, 0.15) is 5.01 Å². The van der Waals surface area contributed by atoms with E-state index in [9.17, 15) is 4.79 Å². The molecule has 0 unspecified atom stereocenters. The molecule has 1 aliphatic rings. The van der Waals surface area contributed by atoms with Gasteiger partial charge in [0.15, 0.2) is 0 Å². The summed E-state index contributed by atoms with van der Waals surface area (Å²) < 4.78 is 1.06. The van der Waals surface area contributed by atoms with Crippen molar-refractivity contribution < 1.29 is 4.79 Å². The molecule has 1 aliphatic carbocycles. The van der Waals surface area contributed by atoms with Gasteiger partial charge in [0.05, 0.1) is 15.9 Å². The summed E-state index contributed by atoms with van der Waals surface area (Å²) in [5.41, 5.74) is 6.20. The molecule has 1 amide bonds. The number of thiazole rings is 1. The Kier molecular flexibility index (Phi) is 2.38. The van der Waals surface area contributed by atoms with E-state index >= 15 is 0 Å². The number of primary amides is 1. The van der Waals surface area contributed by atoms with Gasteiger partial charge >= 0.3 is 0 Å². The number of aromatic nitrogens is 1. The monoisotopic (exact) mass is 260 g/mol. The fraction of sp³-hybridized carbons (Fsp3) is 0.500. The Hall–Kier alpha value is -0.420. The smallest absolute Gasteiger partial charge is 0.224 e. The first-order valence-corrected chi connectivity index (χ1v) is 5.71. The van der Waals surface area contributed by atoms with Gasteiger partial charge in [-0.2, -0.15) is 0 Å². The average Bonchev–Trinajstić information content (AvgIpc) is 2.77. The van der Waals surface area contributed by atoms with E-state index in [2.05, 4.69) is 20.9 Å². The standard InChI is InChI=1S/C8H9BrN2OS/c9-8-7(4-1-2-4)11-6(13-8)3-5(10)12/h4H,1-3H2,(H2,10,12). The van der Waals surface area contributed by atoms with Gasteiger partial charge in [0, 0.05) is 5.92 Å². The Labute approximate surface area is 88.5 Å². The maximum atomic E-state index is 10.6. The van der Waals surface area contributed by atoms with Gasteiger partial charge in [-0.05, 0) is 28.8 Å². The third-order valence-electron chi connectivity index (χ3n) is 1.94. The van der Waals surface area contributed by atoms with Crippen molar-refractivity contribution in [2.75, 3.05) is 0 Å². The number of hydrogen-bond acceptors (Lipinski definition) is 3. The molecule has 1 aromatic heterocycles. The van der Waals surface area contributed by atoms with E-state index in [0.29, 0.717) is 5.92 Å². The molecule has 0 saturated heterocycles. The van der Waals surface area contributed by atoms with Crippen molar-refractivity contribution in [1.82, 2.24) is 4.98 Å². The van der Waals surface area contributed by atoms with Crippen LogP contribution in [0.1, 0.15) is 29.5 Å². The van der Waals surface area contributed by atoms with E-state index in [-0.39, 0.29) is 12.3 Å². The lowest BCUT2D eigenvalue weighted by Crippen LogP contribution is -2.13. The molecular weight excluding hydrogens is 252 g/mol. The largest absolute Gasteiger partial charge is 0.369 e. The van der Waals surface area contributed by atoms with Crippen LogP contribution >= 0.6 is 27.3 Å². The summed E-state index contributed by atoms with van der Waals surface area (Å²) >= 11 is 4.97. The number of nitrogens with zero attached hydrogens (tertiary/aromatic N) is 1. The van der Waals surface area contributed by atoms with Crippen molar-refractivity contribution in [1.29, 1.82) is 0 Å². The SMILES string of the molecule is NC(=O)Cc1nc(C2CC2)c(Br)s1. The average molecular weight is 261 g/mol. The van der Waals surface area contributed by atoms with Crippen LogP contribution < -0.4 is 5.73 Å². The van der Waals surface area contributed by atoms with Crippen LogP contribution in [0.2, 0.25) is 0 Å². The minimum absolute atomic E-state index is 0.260. The van der Waals surface area contributed by atoms with E-state index in [4.69, 9.17) is 5.73 Å². The van der Waals surface area contributed by atoms with Crippen LogP contribution in [0.4, 0.5) is 0 Å². The second-order valence-corrected chi connectivity index (χ2v) is 5.59. The lowest BCUT2D eigenvalue weighted by Gasteiger charge is -1.89. The summed E-state index contributed by atoms with van der Waals surface area (Å²) in [6.07, 6.45) is 2.70. The summed E-state index contributed by atoms with van der Waals surface area (Å²) in [5, 5.41) is 0.821. The van der Waals surface area contributed by atoms with Gasteiger partial charge in [0.25, 0.3) is 0 Å². The van der Waals surface area contributed by atoms with E-state index < -0.39 is 0 Å². The van der Waals surface area contributed by atoms with Gasteiger partial charge in [-0.15, -0.1) is 11.3 Å². The van der Waals surface area contributed by atoms with E-state index in [1.807, 2.05) is 0 Å². The van der Waals surface area contributed by atoms with Crippen LogP contribution in [-0.4, -0.2) is 10.9 Å². The lowest BCUT2D eigenvalue weighted by molar-refractivity contribution is -0.117. The molecule has 1 heterocycles. The molecule has 0 atom stereocenters. The molecule has 13 heavy (non-hydrogen) atoms. The van der Waals surface area contributed by atoms with E-state index in [1.54, 1.807) is 0 Å². The van der Waals surface area contributed by atoms with Crippen LogP contribution in [-0.2, 0) is 11.2 Å². The topological polar surface area (TPSA) is 56.0 Å². The Morgan fingerprint density at radius 2 is 2.38 bits per heavy atom. The Balaban J connectivity index is 2.19. The first kappa shape index (κ1) is 9.15. The molecule has 3 nitrogen and oxygen atoms in total. The lowest BCUT2D eigenvalue weighted by atomic mass is 10.3. The fourth-order valence-electron chi connectivity index (χ4n) is 1.19. The molecular formula is C8H9BrN2OS. The van der Waals surface area contributed by atoms with Gasteiger partial charge in [0.2, 0.25) is 5.91 Å². The van der Waals surface area contributed by atoms with Gasteiger partial charge < -0.3 is 5.73 Å². The number of carbonyl (C=O) groups excluding carboxylic acids is 1. The van der Waals surface area contributed by atoms with Gasteiger partial charge in [-0.3, -0.25) is 4.79 Å². The third-order valence-corrected chi connectivity index (χ3v) is 3.69. The maximum absolute atomic E-state index is 10.6. The molecule has 1 fully saturated rings. The van der Waals surface area contributed by atoms with Crippen molar-refractivity contribution in [3.63, 3.8) is 0 Å². The van der Waals surface area contributed by atoms with Gasteiger partial charge in [-0.1, -0.05) is 0 Å². The zero-order chi connectivity index (χ0) is 9.42. The highest BCUT2D eigenvalue weighted by Gasteiger charge is 2.29. The summed E-state index contributed by atoms with van der Waals surface area (Å²) in [6, 6.07) is 0. The van der Waals surface area contributed by atoms with Crippen LogP contribution in [0.5, 0.6) is 0 Å². The molecule has 0 radical (unpaired) electrons. The van der Waals surface area contributed by atoms with Crippen LogP contribution in [0.25, 0.3) is 0 Å². The minimum Gasteiger partial charge on any atom is -0.369 e. The highest BCUT2D eigenvalue weighted by Crippen LogP contribution is 2.44. The molecule has 0 spiro atoms. The summed E-state index contributed by atoms with van der Waals surface area (Å²) in [5.74, 6) is 0.302. The highest BCUT2D eigenvalue weighted by molar-refractivity contribution is 9.11. The molecule has 1 aromatic rings. The Morgan fingerprint density at radius 1 is 1.69 bits per heavy atom. The van der Waals surface area contributed by atoms with Crippen molar-refractivity contribution in [3.05, 3.63) is 14.5 Å². The van der Waals surface area contributed by atoms with Crippen LogP contribution in [0.3, 0.4) is 0 Å². The third kappa shape index (κ3) is 2.08. The van der Waals surface area contributed by atoms with Gasteiger partial charge in [-0.25, -0.2) is 4.98 Å². The molecule has 5 heteroatoms. The minimum atomic E-state index is -0.316. The van der Waals surface area contributed by atoms with Crippen molar-refractivity contribution >= 4 is 33.2 Å². The number of hydrogen-bond donors (Lipinski definition) is 1. The molecule has 2 rings (SSSR count). The molecule has 1 saturated carbocycles. The quantitative estimate of drug-likeness (QED) is 0.902. The molecule has 0 aromatic carbocycles. The number of halogens is 1. The maximum Gasteiger partial charge on any atom is 0.224 e. The number of amides is 1. The first-order valence-electron chi connectivity index (χ1n) is 4.10. The van der Waals surface area contributed by atoms with Crippen LogP contribution in [0, 0.1) is 0 Å². The number of nitrogens with two attached hydrogens (primary N) is 1. The Bertz CT molecular complexity index is 346. The van der Waals surface area contributed by atoms with Crippen molar-refractivity contribution in [2.24, 2.45) is 5.73 Å². The second-order valence-electron chi connectivity index (χ2n) is 3.18. The summed E-state index contributed by atoms with van der Waals surface area (Å²) in [7, 11) is 0. The van der Waals surface area contributed by atoms with E-state index in [0.717, 1.165) is 14.5 Å². The zero-order valence-corrected chi connectivity index (χ0v) is 9.32. The van der Waals surface area contributed by atoms with Crippen LogP contribution in [0.15, 0.2) is 3.79 Å². The number of carbonyl (C=O) groups is 1. The van der Waals surface area contributed by atoms with Crippen molar-refractivity contribution in [3.8, 4) is 0 Å². The first-order chi connectivity index (χ1) is 6.16. The predicted octanol–water partition coefficient (Wildman–Crippen LogP) is 1.81.